The summed E-state index contributed by atoms with van der Waals surface area (Å²) in [6, 6.07) is 3.84. The molecule has 1 aliphatic rings. The molecule has 0 atom stereocenters. The standard InChI is InChI=1S/C10H9NO2.W/c1-6(2)7-3-9-10(4-8(7)11)13-5-12-9;/h3-4H,1,5H2,2H3;. The van der Waals surface area contributed by atoms with E-state index in [-0.39, 0.29) is 0 Å². The first-order valence-corrected chi connectivity index (χ1v) is 5.46. The molecular weight excluding hydrogens is 350 g/mol. The van der Waals surface area contributed by atoms with E-state index in [1.54, 1.807) is 0 Å². The SMILES string of the molecule is C=C(C)c1cc2c(cc1[N]=[W])OCO2. The van der Waals surface area contributed by atoms with Gasteiger partial charge in [0.2, 0.25) is 0 Å². The van der Waals surface area contributed by atoms with Crippen LogP contribution in [0.2, 0.25) is 0 Å². The van der Waals surface area contributed by atoms with Crippen LogP contribution in [-0.4, -0.2) is 6.79 Å². The number of fused-ring (bicyclic) bond motifs is 1. The number of rotatable bonds is 2. The predicted octanol–water partition coefficient (Wildman–Crippen LogP) is 2.81. The predicted molar refractivity (Wildman–Crippen MR) is 49.4 cm³/mol. The first-order chi connectivity index (χ1) is 6.72. The Kier molecular flexibility index (Phi) is 2.51. The van der Waals surface area contributed by atoms with Crippen molar-refractivity contribution in [1.29, 1.82) is 0 Å². The Morgan fingerprint density at radius 3 is 2.64 bits per heavy atom. The van der Waals surface area contributed by atoms with E-state index in [1.807, 2.05) is 19.1 Å². The van der Waals surface area contributed by atoms with Gasteiger partial charge in [0.25, 0.3) is 0 Å². The van der Waals surface area contributed by atoms with Crippen LogP contribution in [0.15, 0.2) is 22.2 Å². The topological polar surface area (TPSA) is 30.8 Å². The maximum atomic E-state index is 5.29. The van der Waals surface area contributed by atoms with Crippen molar-refractivity contribution in [2.45, 2.75) is 6.92 Å². The fourth-order valence-corrected chi connectivity index (χ4v) is 1.89. The normalized spacial score (nSPS) is 12.6. The zero-order valence-corrected chi connectivity index (χ0v) is 10.7. The summed E-state index contributed by atoms with van der Waals surface area (Å²) in [5, 5.41) is 0. The second-order valence-corrected chi connectivity index (χ2v) is 3.75. The van der Waals surface area contributed by atoms with Crippen molar-refractivity contribution in [3.05, 3.63) is 24.3 Å². The van der Waals surface area contributed by atoms with Gasteiger partial charge < -0.3 is 0 Å². The average Bonchev–Trinajstić information content (AvgIpc) is 2.62. The molecule has 1 heterocycles. The molecule has 2 rings (SSSR count). The van der Waals surface area contributed by atoms with Crippen molar-refractivity contribution in [1.82, 2.24) is 0 Å². The zero-order chi connectivity index (χ0) is 10.1. The number of hydrogen-bond donors (Lipinski definition) is 0. The van der Waals surface area contributed by atoms with Gasteiger partial charge in [-0.2, -0.15) is 0 Å². The molecule has 72 valence electrons. The summed E-state index contributed by atoms with van der Waals surface area (Å²) >= 11 is 1.17. The van der Waals surface area contributed by atoms with Gasteiger partial charge in [0, 0.05) is 0 Å². The van der Waals surface area contributed by atoms with Gasteiger partial charge in [-0.3, -0.25) is 0 Å². The van der Waals surface area contributed by atoms with Crippen molar-refractivity contribution in [3.63, 3.8) is 0 Å². The monoisotopic (exact) mass is 359 g/mol. The van der Waals surface area contributed by atoms with Crippen LogP contribution in [0.4, 0.5) is 5.69 Å². The Hall–Kier alpha value is -0.952. The van der Waals surface area contributed by atoms with E-state index in [9.17, 15) is 0 Å². The molecule has 14 heavy (non-hydrogen) atoms. The quantitative estimate of drug-likeness (QED) is 0.813. The third kappa shape index (κ3) is 1.52. The summed E-state index contributed by atoms with van der Waals surface area (Å²) in [5.74, 6) is 1.56. The maximum absolute atomic E-state index is 5.29. The van der Waals surface area contributed by atoms with Gasteiger partial charge in [0.15, 0.2) is 0 Å². The fourth-order valence-electron chi connectivity index (χ4n) is 1.35. The Morgan fingerprint density at radius 2 is 2.07 bits per heavy atom. The van der Waals surface area contributed by atoms with Crippen molar-refractivity contribution in [2.75, 3.05) is 6.79 Å². The van der Waals surface area contributed by atoms with Crippen molar-refractivity contribution in [3.8, 4) is 11.5 Å². The van der Waals surface area contributed by atoms with Crippen LogP contribution in [0.3, 0.4) is 0 Å². The van der Waals surface area contributed by atoms with Gasteiger partial charge in [0.05, 0.1) is 0 Å². The number of benzene rings is 1. The molecule has 1 aromatic carbocycles. The van der Waals surface area contributed by atoms with Crippen LogP contribution < -0.4 is 9.47 Å². The van der Waals surface area contributed by atoms with E-state index in [0.717, 1.165) is 28.3 Å². The molecule has 0 aromatic heterocycles. The van der Waals surface area contributed by atoms with Gasteiger partial charge >= 0.3 is 93.4 Å². The molecule has 0 N–H and O–H groups in total. The molecule has 0 fully saturated rings. The van der Waals surface area contributed by atoms with E-state index in [2.05, 4.69) is 10.1 Å². The summed E-state index contributed by atoms with van der Waals surface area (Å²) in [4.78, 5) is 0. The summed E-state index contributed by atoms with van der Waals surface area (Å²) in [6.07, 6.45) is 0. The molecule has 0 bridgehead atoms. The second-order valence-electron chi connectivity index (χ2n) is 3.09. The molecule has 0 saturated carbocycles. The first kappa shape index (κ1) is 9.60. The van der Waals surface area contributed by atoms with Crippen molar-refractivity contribution >= 4 is 11.3 Å². The minimum absolute atomic E-state index is 0.297. The van der Waals surface area contributed by atoms with Crippen LogP contribution in [0.1, 0.15) is 12.5 Å². The molecule has 0 spiro atoms. The van der Waals surface area contributed by atoms with E-state index in [4.69, 9.17) is 9.47 Å². The Bertz CT molecular complexity index is 415. The van der Waals surface area contributed by atoms with Crippen LogP contribution in [-0.2, 0) is 19.6 Å². The van der Waals surface area contributed by atoms with E-state index >= 15 is 0 Å². The van der Waals surface area contributed by atoms with Gasteiger partial charge in [-0.05, 0) is 0 Å². The molecule has 4 heteroatoms. The average molecular weight is 359 g/mol. The molecule has 0 aliphatic carbocycles. The first-order valence-electron chi connectivity index (χ1n) is 4.15. The molecule has 3 nitrogen and oxygen atoms in total. The molecule has 0 radical (unpaired) electrons. The van der Waals surface area contributed by atoms with Gasteiger partial charge in [-0.1, -0.05) is 0 Å². The summed E-state index contributed by atoms with van der Waals surface area (Å²) < 4.78 is 14.8. The van der Waals surface area contributed by atoms with Gasteiger partial charge in [-0.25, -0.2) is 0 Å². The van der Waals surface area contributed by atoms with E-state index < -0.39 is 0 Å². The summed E-state index contributed by atoms with van der Waals surface area (Å²) in [6.45, 7) is 6.17. The second kappa shape index (κ2) is 3.66. The summed E-state index contributed by atoms with van der Waals surface area (Å²) in [7, 11) is 0. The molecular formula is C10H9NO2W. The number of allylic oxidation sites excluding steroid dienone is 1. The van der Waals surface area contributed by atoms with Gasteiger partial charge in [0.1, 0.15) is 0 Å². The third-order valence-electron chi connectivity index (χ3n) is 2.05. The number of ether oxygens (including phenoxy) is 2. The Labute approximate surface area is 93.5 Å². The van der Waals surface area contributed by atoms with E-state index in [0.29, 0.717) is 6.79 Å². The minimum atomic E-state index is 0.297. The third-order valence-corrected chi connectivity index (χ3v) is 2.76. The molecule has 1 aromatic rings. The Morgan fingerprint density at radius 1 is 1.43 bits per heavy atom. The van der Waals surface area contributed by atoms with Gasteiger partial charge in [-0.15, -0.1) is 0 Å². The Balaban J connectivity index is 2.59. The zero-order valence-electron chi connectivity index (χ0n) is 7.74. The van der Waals surface area contributed by atoms with Crippen LogP contribution in [0.25, 0.3) is 5.57 Å². The number of hydrogen-bond acceptors (Lipinski definition) is 3. The summed E-state index contributed by atoms with van der Waals surface area (Å²) in [5.41, 5.74) is 2.95. The molecule has 0 amide bonds. The van der Waals surface area contributed by atoms with Crippen LogP contribution in [0.5, 0.6) is 11.5 Å². The molecule has 1 aliphatic heterocycles. The van der Waals surface area contributed by atoms with Crippen molar-refractivity contribution in [2.24, 2.45) is 3.50 Å². The molecule has 0 unspecified atom stereocenters. The van der Waals surface area contributed by atoms with Crippen molar-refractivity contribution < 1.29 is 29.1 Å². The number of nitrogens with zero attached hydrogens (tertiary/aromatic N) is 1. The fraction of sp³-hybridized carbons (Fsp3) is 0.200. The molecule has 0 saturated heterocycles. The van der Waals surface area contributed by atoms with Crippen LogP contribution in [0, 0.1) is 0 Å². The van der Waals surface area contributed by atoms with Crippen LogP contribution >= 0.6 is 0 Å². The van der Waals surface area contributed by atoms with E-state index in [1.165, 1.54) is 19.6 Å².